The maximum absolute atomic E-state index is 12.4. The summed E-state index contributed by atoms with van der Waals surface area (Å²) in [4.78, 5) is 2.55. The first-order valence-electron chi connectivity index (χ1n) is 14.1. The van der Waals surface area contributed by atoms with Crippen LogP contribution in [0.5, 0.6) is 0 Å². The Bertz CT molecular complexity index is 867. The molecule has 190 valence electrons. The van der Waals surface area contributed by atoms with Crippen LogP contribution in [0.1, 0.15) is 90.0 Å². The fourth-order valence-corrected chi connectivity index (χ4v) is 9.67. The van der Waals surface area contributed by atoms with Gasteiger partial charge in [-0.1, -0.05) is 13.8 Å². The molecule has 4 saturated carbocycles. The zero-order valence-corrected chi connectivity index (χ0v) is 21.3. The Hall–Kier alpha value is -0.880. The first-order valence-corrected chi connectivity index (χ1v) is 14.1. The van der Waals surface area contributed by atoms with Crippen LogP contribution in [0.2, 0.25) is 0 Å². The first-order chi connectivity index (χ1) is 16.3. The number of nitrogens with zero attached hydrogens (tertiary/aromatic N) is 1. The number of fused-ring (bicyclic) bond motifs is 5. The summed E-state index contributed by atoms with van der Waals surface area (Å²) in [5.74, 6) is 1.52. The summed E-state index contributed by atoms with van der Waals surface area (Å²) in [5.41, 5.74) is -1.21. The topological polar surface area (TPSA) is 66.1 Å². The summed E-state index contributed by atoms with van der Waals surface area (Å²) in [6.07, 6.45) is 15.6. The highest BCUT2D eigenvalue weighted by molar-refractivity contribution is 5.30. The SMILES string of the molecule is C[C@]12CC[C@@H](OCCN3CCCC3)C[C@H]1CC[C@@H]1[C@@H]2CC[C@]2(C)[C@@](O)(c3ccoc3)CC[C@]12O. The van der Waals surface area contributed by atoms with Gasteiger partial charge in [0.1, 0.15) is 5.60 Å². The zero-order chi connectivity index (χ0) is 23.6. The van der Waals surface area contributed by atoms with Gasteiger partial charge < -0.3 is 24.3 Å². The summed E-state index contributed by atoms with van der Waals surface area (Å²) in [6, 6.07) is 1.90. The van der Waals surface area contributed by atoms with Gasteiger partial charge in [-0.2, -0.15) is 0 Å². The van der Waals surface area contributed by atoms with Crippen molar-refractivity contribution in [1.82, 2.24) is 4.90 Å². The second kappa shape index (κ2) is 8.33. The normalized spacial score (nSPS) is 48.9. The van der Waals surface area contributed by atoms with Crippen molar-refractivity contribution < 1.29 is 19.4 Å². The molecule has 1 aromatic heterocycles. The standard InChI is InChI=1S/C29H45NO4/c1-26-10-7-23(34-18-16-30-14-3-4-15-30)19-21(26)5-6-25-24(26)8-11-27(2)28(31,12-13-29(25,27)32)22-9-17-33-20-22/h9,17,20-21,23-25,31-32H,3-8,10-16,18-19H2,1-2H3/t21-,23-,24+,25-,26+,27-,28+,29+/m1/s1. The van der Waals surface area contributed by atoms with Crippen molar-refractivity contribution in [3.63, 3.8) is 0 Å². The van der Waals surface area contributed by atoms with Crippen LogP contribution < -0.4 is 0 Å². The van der Waals surface area contributed by atoms with Crippen molar-refractivity contribution in [2.45, 2.75) is 102 Å². The molecule has 6 rings (SSSR count). The minimum absolute atomic E-state index is 0.279. The minimum Gasteiger partial charge on any atom is -0.472 e. The molecule has 0 unspecified atom stereocenters. The zero-order valence-electron chi connectivity index (χ0n) is 21.3. The van der Waals surface area contributed by atoms with E-state index in [-0.39, 0.29) is 11.3 Å². The molecule has 5 fully saturated rings. The lowest BCUT2D eigenvalue weighted by atomic mass is 9.43. The monoisotopic (exact) mass is 471 g/mol. The number of likely N-dealkylation sites (tertiary alicyclic amines) is 1. The lowest BCUT2D eigenvalue weighted by Crippen LogP contribution is -2.64. The van der Waals surface area contributed by atoms with Crippen molar-refractivity contribution >= 4 is 0 Å². The summed E-state index contributed by atoms with van der Waals surface area (Å²) in [7, 11) is 0. The molecule has 8 atom stereocenters. The second-order valence-corrected chi connectivity index (χ2v) is 13.0. The molecule has 0 spiro atoms. The molecule has 34 heavy (non-hydrogen) atoms. The molecule has 0 radical (unpaired) electrons. The van der Waals surface area contributed by atoms with Gasteiger partial charge >= 0.3 is 0 Å². The maximum Gasteiger partial charge on any atom is 0.101 e. The summed E-state index contributed by atoms with van der Waals surface area (Å²) < 4.78 is 11.8. The van der Waals surface area contributed by atoms with Gasteiger partial charge in [-0.3, -0.25) is 0 Å². The maximum atomic E-state index is 12.4. The molecule has 4 aliphatic carbocycles. The Labute approximate surface area is 205 Å². The molecular weight excluding hydrogens is 426 g/mol. The van der Waals surface area contributed by atoms with Gasteiger partial charge in [0.05, 0.1) is 30.8 Å². The van der Waals surface area contributed by atoms with E-state index >= 15 is 0 Å². The quantitative estimate of drug-likeness (QED) is 0.625. The molecular formula is C29H45NO4. The average molecular weight is 472 g/mol. The molecule has 0 bridgehead atoms. The highest BCUT2D eigenvalue weighted by Crippen LogP contribution is 2.71. The average Bonchev–Trinajstić information content (AvgIpc) is 3.57. The predicted octanol–water partition coefficient (Wildman–Crippen LogP) is 5.11. The van der Waals surface area contributed by atoms with Crippen molar-refractivity contribution in [3.8, 4) is 0 Å². The molecule has 1 aliphatic heterocycles. The minimum atomic E-state index is -1.00. The fraction of sp³-hybridized carbons (Fsp3) is 0.862. The Morgan fingerprint density at radius 1 is 1.00 bits per heavy atom. The van der Waals surface area contributed by atoms with E-state index in [2.05, 4.69) is 18.7 Å². The second-order valence-electron chi connectivity index (χ2n) is 13.0. The Balaban J connectivity index is 1.16. The van der Waals surface area contributed by atoms with Crippen LogP contribution >= 0.6 is 0 Å². The molecule has 0 amide bonds. The Kier molecular flexibility index (Phi) is 5.76. The summed E-state index contributed by atoms with van der Waals surface area (Å²) in [5, 5.41) is 24.3. The van der Waals surface area contributed by atoms with E-state index in [1.165, 1.54) is 45.2 Å². The molecule has 5 nitrogen and oxygen atoms in total. The molecule has 1 saturated heterocycles. The third-order valence-corrected chi connectivity index (χ3v) is 11.9. The van der Waals surface area contributed by atoms with Crippen LogP contribution in [0.15, 0.2) is 23.0 Å². The van der Waals surface area contributed by atoms with E-state index in [0.29, 0.717) is 30.8 Å². The lowest BCUT2D eigenvalue weighted by molar-refractivity contribution is -0.239. The van der Waals surface area contributed by atoms with Gasteiger partial charge in [-0.25, -0.2) is 0 Å². The molecule has 5 heteroatoms. The molecule has 0 aromatic carbocycles. The lowest BCUT2D eigenvalue weighted by Gasteiger charge is -2.64. The molecule has 2 heterocycles. The van der Waals surface area contributed by atoms with Crippen LogP contribution in [0.3, 0.4) is 0 Å². The summed E-state index contributed by atoms with van der Waals surface area (Å²) >= 11 is 0. The highest BCUT2D eigenvalue weighted by atomic mass is 16.5. The van der Waals surface area contributed by atoms with E-state index < -0.39 is 16.6 Å². The van der Waals surface area contributed by atoms with Crippen LogP contribution in [0.25, 0.3) is 0 Å². The van der Waals surface area contributed by atoms with E-state index in [1.807, 2.05) is 6.07 Å². The number of hydrogen-bond acceptors (Lipinski definition) is 5. The Morgan fingerprint density at radius 3 is 2.59 bits per heavy atom. The predicted molar refractivity (Wildman–Crippen MR) is 131 cm³/mol. The van der Waals surface area contributed by atoms with Crippen LogP contribution in [-0.4, -0.2) is 53.1 Å². The van der Waals surface area contributed by atoms with Gasteiger partial charge in [-0.05, 0) is 113 Å². The number of hydrogen-bond donors (Lipinski definition) is 2. The van der Waals surface area contributed by atoms with Crippen molar-refractivity contribution in [3.05, 3.63) is 24.2 Å². The molecule has 5 aliphatic rings. The van der Waals surface area contributed by atoms with Crippen molar-refractivity contribution in [2.24, 2.45) is 28.6 Å². The smallest absolute Gasteiger partial charge is 0.101 e. The third kappa shape index (κ3) is 3.26. The van der Waals surface area contributed by atoms with E-state index in [1.54, 1.807) is 12.5 Å². The number of ether oxygens (including phenoxy) is 1. The largest absolute Gasteiger partial charge is 0.472 e. The third-order valence-electron chi connectivity index (χ3n) is 11.9. The number of furan rings is 1. The molecule has 2 N–H and O–H groups in total. The van der Waals surface area contributed by atoms with E-state index in [4.69, 9.17) is 9.15 Å². The number of aliphatic hydroxyl groups is 2. The highest BCUT2D eigenvalue weighted by Gasteiger charge is 2.72. The van der Waals surface area contributed by atoms with Gasteiger partial charge in [0.25, 0.3) is 0 Å². The molecule has 1 aromatic rings. The van der Waals surface area contributed by atoms with Crippen LogP contribution in [0, 0.1) is 28.6 Å². The van der Waals surface area contributed by atoms with Gasteiger partial charge in [0.15, 0.2) is 0 Å². The van der Waals surface area contributed by atoms with E-state index in [0.717, 1.165) is 44.4 Å². The van der Waals surface area contributed by atoms with Crippen molar-refractivity contribution in [1.29, 1.82) is 0 Å². The van der Waals surface area contributed by atoms with Crippen LogP contribution in [0.4, 0.5) is 0 Å². The van der Waals surface area contributed by atoms with Gasteiger partial charge in [0.2, 0.25) is 0 Å². The van der Waals surface area contributed by atoms with Crippen LogP contribution in [-0.2, 0) is 10.3 Å². The van der Waals surface area contributed by atoms with Gasteiger partial charge in [0, 0.05) is 17.5 Å². The summed E-state index contributed by atoms with van der Waals surface area (Å²) in [6.45, 7) is 9.14. The fourth-order valence-electron chi connectivity index (χ4n) is 9.67. The van der Waals surface area contributed by atoms with E-state index in [9.17, 15) is 10.2 Å². The van der Waals surface area contributed by atoms with Gasteiger partial charge in [-0.15, -0.1) is 0 Å². The first kappa shape index (κ1) is 23.5. The van der Waals surface area contributed by atoms with Crippen molar-refractivity contribution in [2.75, 3.05) is 26.2 Å². The number of rotatable bonds is 5. The Morgan fingerprint density at radius 2 is 1.82 bits per heavy atom.